The summed E-state index contributed by atoms with van der Waals surface area (Å²) in [5.74, 6) is 1.04. The maximum Gasteiger partial charge on any atom is 0.0289 e. The van der Waals surface area contributed by atoms with E-state index in [2.05, 4.69) is 36.5 Å². The Morgan fingerprint density at radius 1 is 1.40 bits per heavy atom. The zero-order valence-corrected chi connectivity index (χ0v) is 9.79. The molecule has 82 valence electrons. The summed E-state index contributed by atoms with van der Waals surface area (Å²) in [6, 6.07) is 9.47. The first-order chi connectivity index (χ1) is 7.29. The second-order valence-electron chi connectivity index (χ2n) is 4.74. The van der Waals surface area contributed by atoms with Crippen LogP contribution in [0.3, 0.4) is 0 Å². The van der Waals surface area contributed by atoms with Gasteiger partial charge in [0, 0.05) is 6.04 Å². The fourth-order valence-electron chi connectivity index (χ4n) is 1.96. The Balaban J connectivity index is 1.97. The Hall–Kier alpha value is -0.820. The third-order valence-corrected chi connectivity index (χ3v) is 3.42. The number of benzene rings is 1. The lowest BCUT2D eigenvalue weighted by atomic mass is 10.0. The van der Waals surface area contributed by atoms with Gasteiger partial charge in [0.25, 0.3) is 0 Å². The predicted octanol–water partition coefficient (Wildman–Crippen LogP) is 3.31. The Kier molecular flexibility index (Phi) is 3.42. The van der Waals surface area contributed by atoms with E-state index in [-0.39, 0.29) is 0 Å². The molecule has 0 bridgehead atoms. The quantitative estimate of drug-likeness (QED) is 0.774. The molecular weight excluding hydrogens is 182 g/mol. The second-order valence-corrected chi connectivity index (χ2v) is 4.74. The summed E-state index contributed by atoms with van der Waals surface area (Å²) in [4.78, 5) is 0. The predicted molar refractivity (Wildman–Crippen MR) is 65.0 cm³/mol. The lowest BCUT2D eigenvalue weighted by Gasteiger charge is -2.11. The van der Waals surface area contributed by atoms with E-state index in [4.69, 9.17) is 0 Å². The van der Waals surface area contributed by atoms with Crippen molar-refractivity contribution in [3.63, 3.8) is 0 Å². The highest BCUT2D eigenvalue weighted by Gasteiger charge is 2.20. The summed E-state index contributed by atoms with van der Waals surface area (Å²) in [6.45, 7) is 2.21. The van der Waals surface area contributed by atoms with Crippen LogP contribution in [0, 0.1) is 5.92 Å². The summed E-state index contributed by atoms with van der Waals surface area (Å²) in [6.07, 6.45) is 5.57. The van der Waals surface area contributed by atoms with Gasteiger partial charge in [0.15, 0.2) is 0 Å². The lowest BCUT2D eigenvalue weighted by molar-refractivity contribution is 0.649. The van der Waals surface area contributed by atoms with Gasteiger partial charge in [-0.15, -0.1) is 0 Å². The molecule has 2 rings (SSSR count). The molecule has 15 heavy (non-hydrogen) atoms. The van der Waals surface area contributed by atoms with Crippen LogP contribution in [-0.4, -0.2) is 7.05 Å². The molecule has 1 heteroatoms. The van der Waals surface area contributed by atoms with E-state index in [1.807, 2.05) is 7.05 Å². The highest BCUT2D eigenvalue weighted by molar-refractivity contribution is 5.25. The first-order valence-corrected chi connectivity index (χ1v) is 6.05. The van der Waals surface area contributed by atoms with Gasteiger partial charge in [-0.2, -0.15) is 0 Å². The Morgan fingerprint density at radius 3 is 2.87 bits per heavy atom. The average Bonchev–Trinajstić information content (AvgIpc) is 3.09. The van der Waals surface area contributed by atoms with E-state index in [9.17, 15) is 0 Å². The molecule has 0 saturated heterocycles. The highest BCUT2D eigenvalue weighted by Crippen LogP contribution is 2.33. The average molecular weight is 203 g/mol. The smallest absolute Gasteiger partial charge is 0.0289 e. The van der Waals surface area contributed by atoms with Crippen molar-refractivity contribution in [1.29, 1.82) is 0 Å². The summed E-state index contributed by atoms with van der Waals surface area (Å²) in [5.41, 5.74) is 2.91. The van der Waals surface area contributed by atoms with Crippen LogP contribution in [0.15, 0.2) is 24.3 Å². The van der Waals surface area contributed by atoms with Crippen LogP contribution in [0.25, 0.3) is 0 Å². The van der Waals surface area contributed by atoms with Crippen molar-refractivity contribution in [2.45, 2.75) is 38.6 Å². The van der Waals surface area contributed by atoms with Crippen molar-refractivity contribution in [3.05, 3.63) is 35.4 Å². The number of aryl methyl sites for hydroxylation is 1. The minimum Gasteiger partial charge on any atom is -0.313 e. The molecule has 0 unspecified atom stereocenters. The van der Waals surface area contributed by atoms with E-state index in [1.165, 1.54) is 36.8 Å². The van der Waals surface area contributed by atoms with Crippen LogP contribution in [0.2, 0.25) is 0 Å². The summed E-state index contributed by atoms with van der Waals surface area (Å²) >= 11 is 0. The van der Waals surface area contributed by atoms with Crippen LogP contribution in [0.4, 0.5) is 0 Å². The molecule has 1 aliphatic rings. The zero-order valence-electron chi connectivity index (χ0n) is 9.79. The molecule has 0 heterocycles. The van der Waals surface area contributed by atoms with E-state index >= 15 is 0 Å². The maximum absolute atomic E-state index is 3.29. The highest BCUT2D eigenvalue weighted by atomic mass is 14.8. The second kappa shape index (κ2) is 4.80. The van der Waals surface area contributed by atoms with E-state index in [0.29, 0.717) is 6.04 Å². The molecule has 1 aliphatic carbocycles. The van der Waals surface area contributed by atoms with Gasteiger partial charge in [-0.1, -0.05) is 37.1 Å². The van der Waals surface area contributed by atoms with Crippen molar-refractivity contribution >= 4 is 0 Å². The molecule has 1 aromatic carbocycles. The third-order valence-electron chi connectivity index (χ3n) is 3.42. The van der Waals surface area contributed by atoms with Crippen LogP contribution in [0.1, 0.15) is 43.4 Å². The van der Waals surface area contributed by atoms with Gasteiger partial charge in [-0.25, -0.2) is 0 Å². The molecule has 1 N–H and O–H groups in total. The maximum atomic E-state index is 3.29. The van der Waals surface area contributed by atoms with Gasteiger partial charge in [-0.3, -0.25) is 0 Å². The Labute approximate surface area is 92.9 Å². The molecule has 1 nitrogen and oxygen atoms in total. The molecule has 1 atom stereocenters. The standard InChI is InChI=1S/C14H21N/c1-11(15-2)14-5-3-4-13(10-14)9-8-12-6-7-12/h3-5,10-12,15H,6-9H2,1-2H3/t11-/m1/s1. The Bertz CT molecular complexity index is 315. The molecule has 0 aliphatic heterocycles. The largest absolute Gasteiger partial charge is 0.313 e. The third kappa shape index (κ3) is 3.07. The van der Waals surface area contributed by atoms with Gasteiger partial charge < -0.3 is 5.32 Å². The minimum atomic E-state index is 0.464. The molecule has 0 amide bonds. The van der Waals surface area contributed by atoms with Gasteiger partial charge >= 0.3 is 0 Å². The first-order valence-electron chi connectivity index (χ1n) is 6.05. The summed E-state index contributed by atoms with van der Waals surface area (Å²) < 4.78 is 0. The van der Waals surface area contributed by atoms with Crippen molar-refractivity contribution in [2.75, 3.05) is 7.05 Å². The molecule has 0 aromatic heterocycles. The van der Waals surface area contributed by atoms with E-state index < -0.39 is 0 Å². The first kappa shape index (κ1) is 10.7. The monoisotopic (exact) mass is 203 g/mol. The van der Waals surface area contributed by atoms with Crippen LogP contribution >= 0.6 is 0 Å². The van der Waals surface area contributed by atoms with E-state index in [1.54, 1.807) is 0 Å². The van der Waals surface area contributed by atoms with Crippen molar-refractivity contribution in [2.24, 2.45) is 5.92 Å². The normalized spacial score (nSPS) is 17.7. The zero-order chi connectivity index (χ0) is 10.7. The van der Waals surface area contributed by atoms with Crippen LogP contribution in [0.5, 0.6) is 0 Å². The molecule has 1 fully saturated rings. The van der Waals surface area contributed by atoms with Crippen LogP contribution < -0.4 is 5.32 Å². The summed E-state index contributed by atoms with van der Waals surface area (Å²) in [5, 5.41) is 3.29. The van der Waals surface area contributed by atoms with E-state index in [0.717, 1.165) is 5.92 Å². The fraction of sp³-hybridized carbons (Fsp3) is 0.571. The molecule has 0 spiro atoms. The number of hydrogen-bond acceptors (Lipinski definition) is 1. The van der Waals surface area contributed by atoms with Crippen molar-refractivity contribution in [1.82, 2.24) is 5.32 Å². The SMILES string of the molecule is CN[C@H](C)c1cccc(CCC2CC2)c1. The number of nitrogens with one attached hydrogen (secondary N) is 1. The molecule has 0 radical (unpaired) electrons. The number of rotatable bonds is 5. The minimum absolute atomic E-state index is 0.464. The number of hydrogen-bond donors (Lipinski definition) is 1. The van der Waals surface area contributed by atoms with Gasteiger partial charge in [0.1, 0.15) is 0 Å². The lowest BCUT2D eigenvalue weighted by Crippen LogP contribution is -2.12. The molecule has 1 aromatic rings. The fourth-order valence-corrected chi connectivity index (χ4v) is 1.96. The van der Waals surface area contributed by atoms with Gasteiger partial charge in [0.05, 0.1) is 0 Å². The van der Waals surface area contributed by atoms with Crippen molar-refractivity contribution < 1.29 is 0 Å². The Morgan fingerprint density at radius 2 is 2.20 bits per heavy atom. The topological polar surface area (TPSA) is 12.0 Å². The van der Waals surface area contributed by atoms with Crippen molar-refractivity contribution in [3.8, 4) is 0 Å². The summed E-state index contributed by atoms with van der Waals surface area (Å²) in [7, 11) is 2.02. The molecular formula is C14H21N. The molecule has 1 saturated carbocycles. The van der Waals surface area contributed by atoms with Crippen LogP contribution in [-0.2, 0) is 6.42 Å². The van der Waals surface area contributed by atoms with Gasteiger partial charge in [0.2, 0.25) is 0 Å². The van der Waals surface area contributed by atoms with Gasteiger partial charge in [-0.05, 0) is 43.9 Å².